The third-order valence-electron chi connectivity index (χ3n) is 2.62. The van der Waals surface area contributed by atoms with Gasteiger partial charge in [0.15, 0.2) is 0 Å². The Morgan fingerprint density at radius 1 is 1.29 bits per heavy atom. The lowest BCUT2D eigenvalue weighted by atomic mass is 10.1. The third kappa shape index (κ3) is 1.09. The van der Waals surface area contributed by atoms with Crippen LogP contribution < -0.4 is 5.32 Å². The number of nitrogens with zero attached hydrogens (tertiary/aromatic N) is 1. The minimum atomic E-state index is 0.356. The highest BCUT2D eigenvalue weighted by Crippen LogP contribution is 2.31. The van der Waals surface area contributed by atoms with Gasteiger partial charge in [0, 0.05) is 24.5 Å². The zero-order valence-corrected chi connectivity index (χ0v) is 7.70. The van der Waals surface area contributed by atoms with Gasteiger partial charge in [-0.3, -0.25) is 0 Å². The molecule has 0 radical (unpaired) electrons. The van der Waals surface area contributed by atoms with E-state index >= 15 is 0 Å². The number of anilines is 1. The molecule has 14 heavy (non-hydrogen) atoms. The lowest BCUT2D eigenvalue weighted by Gasteiger charge is -2.07. The van der Waals surface area contributed by atoms with Gasteiger partial charge in [-0.25, -0.2) is 4.98 Å². The van der Waals surface area contributed by atoms with Crippen LogP contribution in [0.2, 0.25) is 0 Å². The average molecular weight is 185 g/mol. The van der Waals surface area contributed by atoms with Gasteiger partial charge in [-0.1, -0.05) is 6.07 Å². The van der Waals surface area contributed by atoms with Gasteiger partial charge in [0.2, 0.25) is 0 Å². The van der Waals surface area contributed by atoms with Gasteiger partial charge < -0.3 is 10.3 Å². The molecule has 2 N–H and O–H groups in total. The molecule has 3 heterocycles. The molecule has 1 aliphatic rings. The molecule has 1 aliphatic heterocycles. The number of fused-ring (bicyclic) bond motifs is 1. The molecular formula is C11H11N3. The molecule has 0 saturated carbocycles. The van der Waals surface area contributed by atoms with E-state index in [4.69, 9.17) is 0 Å². The largest absolute Gasteiger partial charge is 0.363 e. The second-order valence-electron chi connectivity index (χ2n) is 3.54. The molecule has 1 atom stereocenters. The molecule has 3 rings (SSSR count). The Balaban J connectivity index is 1.92. The van der Waals surface area contributed by atoms with Crippen molar-refractivity contribution in [2.45, 2.75) is 12.5 Å². The minimum Gasteiger partial charge on any atom is -0.363 e. The minimum absolute atomic E-state index is 0.356. The van der Waals surface area contributed by atoms with Crippen LogP contribution in [-0.2, 0) is 6.42 Å². The maximum atomic E-state index is 4.29. The van der Waals surface area contributed by atoms with Gasteiger partial charge >= 0.3 is 0 Å². The van der Waals surface area contributed by atoms with Crippen molar-refractivity contribution in [3.63, 3.8) is 0 Å². The van der Waals surface area contributed by atoms with Crippen LogP contribution in [0.1, 0.15) is 17.3 Å². The molecular weight excluding hydrogens is 174 g/mol. The number of aromatic nitrogens is 2. The molecule has 0 aromatic carbocycles. The van der Waals surface area contributed by atoms with Crippen molar-refractivity contribution >= 4 is 5.82 Å². The van der Waals surface area contributed by atoms with Crippen molar-refractivity contribution in [3.05, 3.63) is 47.9 Å². The summed E-state index contributed by atoms with van der Waals surface area (Å²) in [6.07, 6.45) is 4.79. The van der Waals surface area contributed by atoms with E-state index in [0.717, 1.165) is 12.2 Å². The summed E-state index contributed by atoms with van der Waals surface area (Å²) >= 11 is 0. The number of hydrogen-bond acceptors (Lipinski definition) is 2. The SMILES string of the molecule is c1c[nH]c(C2Cc3cccnc3N2)c1. The van der Waals surface area contributed by atoms with Crippen LogP contribution in [0.25, 0.3) is 0 Å². The highest BCUT2D eigenvalue weighted by Gasteiger charge is 2.22. The topological polar surface area (TPSA) is 40.7 Å². The van der Waals surface area contributed by atoms with Crippen molar-refractivity contribution in [1.82, 2.24) is 9.97 Å². The summed E-state index contributed by atoms with van der Waals surface area (Å²) in [5.74, 6) is 1.02. The van der Waals surface area contributed by atoms with Gasteiger partial charge in [-0.05, 0) is 23.8 Å². The van der Waals surface area contributed by atoms with E-state index in [1.807, 2.05) is 24.5 Å². The van der Waals surface area contributed by atoms with E-state index in [9.17, 15) is 0 Å². The fourth-order valence-electron chi connectivity index (χ4n) is 1.92. The molecule has 3 heteroatoms. The summed E-state index contributed by atoms with van der Waals surface area (Å²) in [5, 5.41) is 3.39. The molecule has 1 unspecified atom stereocenters. The first-order valence-electron chi connectivity index (χ1n) is 4.77. The predicted octanol–water partition coefficient (Wildman–Crippen LogP) is 2.12. The molecule has 0 saturated heterocycles. The van der Waals surface area contributed by atoms with Crippen LogP contribution in [0, 0.1) is 0 Å². The summed E-state index contributed by atoms with van der Waals surface area (Å²) in [5.41, 5.74) is 2.52. The maximum absolute atomic E-state index is 4.29. The van der Waals surface area contributed by atoms with E-state index in [0.29, 0.717) is 6.04 Å². The smallest absolute Gasteiger partial charge is 0.129 e. The van der Waals surface area contributed by atoms with Crippen molar-refractivity contribution < 1.29 is 0 Å². The Morgan fingerprint density at radius 2 is 2.29 bits per heavy atom. The standard InChI is InChI=1S/C11H11N3/c1-3-8-7-10(9-4-2-5-12-9)14-11(8)13-6-1/h1-6,10,12H,7H2,(H,13,14). The number of aromatic amines is 1. The van der Waals surface area contributed by atoms with Crippen LogP contribution in [0.15, 0.2) is 36.7 Å². The number of H-pyrrole nitrogens is 1. The second-order valence-corrected chi connectivity index (χ2v) is 3.54. The number of hydrogen-bond donors (Lipinski definition) is 2. The highest BCUT2D eigenvalue weighted by atomic mass is 15.1. The van der Waals surface area contributed by atoms with E-state index in [-0.39, 0.29) is 0 Å². The summed E-state index contributed by atoms with van der Waals surface area (Å²) in [4.78, 5) is 7.52. The summed E-state index contributed by atoms with van der Waals surface area (Å²) < 4.78 is 0. The van der Waals surface area contributed by atoms with Crippen molar-refractivity contribution in [3.8, 4) is 0 Å². The van der Waals surface area contributed by atoms with E-state index in [1.54, 1.807) is 0 Å². The fourth-order valence-corrected chi connectivity index (χ4v) is 1.92. The molecule has 0 amide bonds. The van der Waals surface area contributed by atoms with Gasteiger partial charge in [0.05, 0.1) is 6.04 Å². The fraction of sp³-hybridized carbons (Fsp3) is 0.182. The quantitative estimate of drug-likeness (QED) is 0.714. The maximum Gasteiger partial charge on any atom is 0.129 e. The molecule has 2 aromatic rings. The van der Waals surface area contributed by atoms with Gasteiger partial charge in [-0.2, -0.15) is 0 Å². The Hall–Kier alpha value is -1.77. The Bertz CT molecular complexity index is 409. The summed E-state index contributed by atoms with van der Waals surface area (Å²) in [6.45, 7) is 0. The average Bonchev–Trinajstić information content (AvgIpc) is 2.86. The Labute approximate surface area is 82.2 Å². The van der Waals surface area contributed by atoms with Crippen LogP contribution in [0.4, 0.5) is 5.82 Å². The lowest BCUT2D eigenvalue weighted by Crippen LogP contribution is -2.05. The lowest BCUT2D eigenvalue weighted by molar-refractivity contribution is 0.795. The van der Waals surface area contributed by atoms with E-state index < -0.39 is 0 Å². The van der Waals surface area contributed by atoms with Crippen LogP contribution in [0.3, 0.4) is 0 Å². The van der Waals surface area contributed by atoms with E-state index in [2.05, 4.69) is 27.4 Å². The molecule has 70 valence electrons. The molecule has 0 bridgehead atoms. The van der Waals surface area contributed by atoms with Gasteiger partial charge in [0.25, 0.3) is 0 Å². The van der Waals surface area contributed by atoms with Crippen molar-refractivity contribution in [1.29, 1.82) is 0 Å². The summed E-state index contributed by atoms with van der Waals surface area (Å²) in [7, 11) is 0. The first-order valence-corrected chi connectivity index (χ1v) is 4.77. The zero-order valence-electron chi connectivity index (χ0n) is 7.70. The zero-order chi connectivity index (χ0) is 9.38. The second kappa shape index (κ2) is 2.87. The van der Waals surface area contributed by atoms with Crippen molar-refractivity contribution in [2.24, 2.45) is 0 Å². The number of nitrogens with one attached hydrogen (secondary N) is 2. The molecule has 2 aromatic heterocycles. The first-order chi connectivity index (χ1) is 6.93. The number of pyridine rings is 1. The predicted molar refractivity (Wildman–Crippen MR) is 55.1 cm³/mol. The van der Waals surface area contributed by atoms with Crippen LogP contribution in [-0.4, -0.2) is 9.97 Å². The molecule has 0 fully saturated rings. The van der Waals surface area contributed by atoms with E-state index in [1.165, 1.54) is 11.3 Å². The summed E-state index contributed by atoms with van der Waals surface area (Å²) in [6, 6.07) is 8.59. The molecule has 0 spiro atoms. The van der Waals surface area contributed by atoms with Gasteiger partial charge in [-0.15, -0.1) is 0 Å². The van der Waals surface area contributed by atoms with Crippen LogP contribution in [0.5, 0.6) is 0 Å². The molecule has 0 aliphatic carbocycles. The number of rotatable bonds is 1. The normalized spacial score (nSPS) is 19.0. The Morgan fingerprint density at radius 3 is 3.07 bits per heavy atom. The Kier molecular flexibility index (Phi) is 1.56. The van der Waals surface area contributed by atoms with Crippen molar-refractivity contribution in [2.75, 3.05) is 5.32 Å². The monoisotopic (exact) mass is 185 g/mol. The van der Waals surface area contributed by atoms with Crippen LogP contribution >= 0.6 is 0 Å². The van der Waals surface area contributed by atoms with Gasteiger partial charge in [0.1, 0.15) is 5.82 Å². The first kappa shape index (κ1) is 7.62. The third-order valence-corrected chi connectivity index (χ3v) is 2.62. The highest BCUT2D eigenvalue weighted by molar-refractivity contribution is 5.51. The molecule has 3 nitrogen and oxygen atoms in total.